The molecular formula is C12H13F2N3. The molecule has 0 fully saturated rings. The van der Waals surface area contributed by atoms with Gasteiger partial charge >= 0.3 is 0 Å². The minimum Gasteiger partial charge on any atom is -0.382 e. The summed E-state index contributed by atoms with van der Waals surface area (Å²) in [5.74, 6) is -1.01. The Morgan fingerprint density at radius 3 is 2.53 bits per heavy atom. The van der Waals surface area contributed by atoms with Crippen LogP contribution in [0.1, 0.15) is 25.3 Å². The molecule has 0 aliphatic heterocycles. The highest BCUT2D eigenvalue weighted by Gasteiger charge is 2.18. The standard InChI is InChI=1S/C12H13F2N3/c1-6(2)7-3-4-8(13)11(12(7)14)9-5-10(15)17-16-9/h3-6H,1-2H3,(H3,15,16,17). The van der Waals surface area contributed by atoms with Crippen molar-refractivity contribution < 1.29 is 8.78 Å². The summed E-state index contributed by atoms with van der Waals surface area (Å²) in [5.41, 5.74) is 6.03. The molecule has 2 rings (SSSR count). The molecule has 3 N–H and O–H groups in total. The maximum absolute atomic E-state index is 14.2. The third kappa shape index (κ3) is 2.00. The van der Waals surface area contributed by atoms with Gasteiger partial charge in [0.05, 0.1) is 11.3 Å². The Kier molecular flexibility index (Phi) is 2.83. The van der Waals surface area contributed by atoms with Crippen molar-refractivity contribution in [2.45, 2.75) is 19.8 Å². The molecule has 0 saturated carbocycles. The normalized spacial score (nSPS) is 11.1. The van der Waals surface area contributed by atoms with Gasteiger partial charge < -0.3 is 5.73 Å². The first kappa shape index (κ1) is 11.6. The molecule has 0 atom stereocenters. The molecule has 0 unspecified atom stereocenters. The van der Waals surface area contributed by atoms with E-state index >= 15 is 0 Å². The zero-order valence-electron chi connectivity index (χ0n) is 9.59. The molecule has 17 heavy (non-hydrogen) atoms. The van der Waals surface area contributed by atoms with E-state index < -0.39 is 11.6 Å². The van der Waals surface area contributed by atoms with E-state index in [-0.39, 0.29) is 23.0 Å². The van der Waals surface area contributed by atoms with Crippen LogP contribution in [0.15, 0.2) is 18.2 Å². The molecule has 0 aliphatic rings. The summed E-state index contributed by atoms with van der Waals surface area (Å²) in [4.78, 5) is 0. The maximum Gasteiger partial charge on any atom is 0.145 e. The number of halogens is 2. The monoisotopic (exact) mass is 237 g/mol. The molecule has 0 bridgehead atoms. The minimum atomic E-state index is -0.629. The van der Waals surface area contributed by atoms with Crippen molar-refractivity contribution in [2.75, 3.05) is 5.73 Å². The maximum atomic E-state index is 14.2. The van der Waals surface area contributed by atoms with Gasteiger partial charge in [0, 0.05) is 6.07 Å². The second-order valence-electron chi connectivity index (χ2n) is 4.19. The fraction of sp³-hybridized carbons (Fsp3) is 0.250. The number of aromatic nitrogens is 2. The molecule has 1 heterocycles. The number of nitrogens with two attached hydrogens (primary N) is 1. The van der Waals surface area contributed by atoms with Crippen LogP contribution in [0.25, 0.3) is 11.3 Å². The van der Waals surface area contributed by atoms with Gasteiger partial charge in [0.15, 0.2) is 0 Å². The molecule has 0 amide bonds. The number of hydrogen-bond donors (Lipinski definition) is 2. The van der Waals surface area contributed by atoms with Crippen LogP contribution in [-0.2, 0) is 0 Å². The molecule has 0 radical (unpaired) electrons. The Hall–Kier alpha value is -1.91. The van der Waals surface area contributed by atoms with Gasteiger partial charge in [-0.15, -0.1) is 0 Å². The van der Waals surface area contributed by atoms with Crippen LogP contribution < -0.4 is 5.73 Å². The first-order valence-corrected chi connectivity index (χ1v) is 5.30. The summed E-state index contributed by atoms with van der Waals surface area (Å²) in [7, 11) is 0. The second kappa shape index (κ2) is 4.16. The van der Waals surface area contributed by atoms with Crippen LogP contribution in [0.2, 0.25) is 0 Å². The Morgan fingerprint density at radius 1 is 1.29 bits per heavy atom. The van der Waals surface area contributed by atoms with Crippen molar-refractivity contribution in [3.05, 3.63) is 35.4 Å². The van der Waals surface area contributed by atoms with Crippen molar-refractivity contribution in [2.24, 2.45) is 0 Å². The average Bonchev–Trinajstić information content (AvgIpc) is 2.64. The quantitative estimate of drug-likeness (QED) is 0.843. The van der Waals surface area contributed by atoms with Crippen molar-refractivity contribution >= 4 is 5.82 Å². The number of nitrogens with one attached hydrogen (secondary N) is 1. The van der Waals surface area contributed by atoms with Gasteiger partial charge in [0.1, 0.15) is 17.5 Å². The molecule has 90 valence electrons. The Balaban J connectivity index is 2.64. The van der Waals surface area contributed by atoms with E-state index in [2.05, 4.69) is 10.2 Å². The molecule has 0 saturated heterocycles. The van der Waals surface area contributed by atoms with Crippen molar-refractivity contribution in [1.29, 1.82) is 0 Å². The number of aromatic amines is 1. The van der Waals surface area contributed by atoms with Gasteiger partial charge in [-0.25, -0.2) is 8.78 Å². The zero-order chi connectivity index (χ0) is 12.6. The van der Waals surface area contributed by atoms with Gasteiger partial charge in [0.2, 0.25) is 0 Å². The first-order valence-electron chi connectivity index (χ1n) is 5.30. The summed E-state index contributed by atoms with van der Waals surface area (Å²) < 4.78 is 27.8. The number of anilines is 1. The lowest BCUT2D eigenvalue weighted by atomic mass is 9.98. The van der Waals surface area contributed by atoms with E-state index in [9.17, 15) is 8.78 Å². The summed E-state index contributed by atoms with van der Waals surface area (Å²) in [6, 6.07) is 4.12. The fourth-order valence-corrected chi connectivity index (χ4v) is 1.73. The number of H-pyrrole nitrogens is 1. The van der Waals surface area contributed by atoms with Crippen LogP contribution in [-0.4, -0.2) is 10.2 Å². The van der Waals surface area contributed by atoms with E-state index in [1.807, 2.05) is 13.8 Å². The van der Waals surface area contributed by atoms with E-state index in [0.717, 1.165) is 0 Å². The van der Waals surface area contributed by atoms with Gasteiger partial charge in [-0.3, -0.25) is 5.10 Å². The molecule has 0 spiro atoms. The van der Waals surface area contributed by atoms with Crippen LogP contribution in [0, 0.1) is 11.6 Å². The third-order valence-corrected chi connectivity index (χ3v) is 2.61. The number of hydrogen-bond acceptors (Lipinski definition) is 2. The first-order chi connectivity index (χ1) is 8.00. The predicted octanol–water partition coefficient (Wildman–Crippen LogP) is 3.06. The summed E-state index contributed by atoms with van der Waals surface area (Å²) >= 11 is 0. The van der Waals surface area contributed by atoms with E-state index in [4.69, 9.17) is 5.73 Å². The summed E-state index contributed by atoms with van der Waals surface area (Å²) in [6.45, 7) is 3.70. The molecule has 3 nitrogen and oxygen atoms in total. The van der Waals surface area contributed by atoms with Crippen LogP contribution in [0.3, 0.4) is 0 Å². The van der Waals surface area contributed by atoms with Crippen molar-refractivity contribution in [3.8, 4) is 11.3 Å². The van der Waals surface area contributed by atoms with E-state index in [1.165, 1.54) is 18.2 Å². The smallest absolute Gasteiger partial charge is 0.145 e. The largest absolute Gasteiger partial charge is 0.382 e. The van der Waals surface area contributed by atoms with Crippen molar-refractivity contribution in [3.63, 3.8) is 0 Å². The molecular weight excluding hydrogens is 224 g/mol. The van der Waals surface area contributed by atoms with E-state index in [0.29, 0.717) is 5.56 Å². The highest BCUT2D eigenvalue weighted by atomic mass is 19.1. The topological polar surface area (TPSA) is 54.7 Å². The van der Waals surface area contributed by atoms with Crippen LogP contribution in [0.5, 0.6) is 0 Å². The SMILES string of the molecule is CC(C)c1ccc(F)c(-c2cc(N)n[nH]2)c1F. The molecule has 2 aromatic rings. The van der Waals surface area contributed by atoms with E-state index in [1.54, 1.807) is 0 Å². The van der Waals surface area contributed by atoms with Gasteiger partial charge in [0.25, 0.3) is 0 Å². The van der Waals surface area contributed by atoms with Gasteiger partial charge in [-0.1, -0.05) is 19.9 Å². The second-order valence-corrected chi connectivity index (χ2v) is 4.19. The van der Waals surface area contributed by atoms with Gasteiger partial charge in [-0.2, -0.15) is 5.10 Å². The number of rotatable bonds is 2. The lowest BCUT2D eigenvalue weighted by Gasteiger charge is -2.10. The number of nitrogen functional groups attached to an aromatic ring is 1. The average molecular weight is 237 g/mol. The highest BCUT2D eigenvalue weighted by Crippen LogP contribution is 2.30. The fourth-order valence-electron chi connectivity index (χ4n) is 1.73. The molecule has 1 aromatic heterocycles. The highest BCUT2D eigenvalue weighted by molar-refractivity contribution is 5.64. The molecule has 1 aromatic carbocycles. The number of nitrogens with zero attached hydrogens (tertiary/aromatic N) is 1. The Bertz CT molecular complexity index is 547. The molecule has 5 heteroatoms. The Morgan fingerprint density at radius 2 is 2.00 bits per heavy atom. The molecule has 0 aliphatic carbocycles. The lowest BCUT2D eigenvalue weighted by molar-refractivity contribution is 0.570. The predicted molar refractivity (Wildman–Crippen MR) is 62.4 cm³/mol. The number of benzene rings is 1. The minimum absolute atomic E-state index is 0.0189. The Labute approximate surface area is 97.7 Å². The van der Waals surface area contributed by atoms with Crippen LogP contribution >= 0.6 is 0 Å². The zero-order valence-corrected chi connectivity index (χ0v) is 9.59. The van der Waals surface area contributed by atoms with Gasteiger partial charge in [-0.05, 0) is 17.5 Å². The summed E-state index contributed by atoms with van der Waals surface area (Å²) in [5, 5.41) is 6.18. The van der Waals surface area contributed by atoms with Crippen molar-refractivity contribution in [1.82, 2.24) is 10.2 Å². The van der Waals surface area contributed by atoms with Crippen LogP contribution in [0.4, 0.5) is 14.6 Å². The summed E-state index contributed by atoms with van der Waals surface area (Å²) in [6.07, 6.45) is 0. The lowest BCUT2D eigenvalue weighted by Crippen LogP contribution is -1.99. The third-order valence-electron chi connectivity index (χ3n) is 2.61.